The molecule has 1 N–H and O–H groups in total. The van der Waals surface area contributed by atoms with Crippen molar-refractivity contribution in [3.8, 4) is 0 Å². The van der Waals surface area contributed by atoms with Crippen molar-refractivity contribution in [2.24, 2.45) is 0 Å². The van der Waals surface area contributed by atoms with Crippen LogP contribution in [0.25, 0.3) is 0 Å². The van der Waals surface area contributed by atoms with Crippen molar-refractivity contribution in [3.05, 3.63) is 11.6 Å². The van der Waals surface area contributed by atoms with E-state index >= 15 is 0 Å². The van der Waals surface area contributed by atoms with Crippen LogP contribution in [-0.4, -0.2) is 32.4 Å². The Labute approximate surface area is 105 Å². The molecular weight excluding hydrogens is 234 g/mol. The Bertz CT molecular complexity index is 451. The first-order valence-electron chi connectivity index (χ1n) is 6.55. The van der Waals surface area contributed by atoms with Gasteiger partial charge < -0.3 is 9.84 Å². The van der Waals surface area contributed by atoms with E-state index in [0.29, 0.717) is 18.1 Å². The molecule has 3 rings (SSSR count). The van der Waals surface area contributed by atoms with E-state index in [1.165, 1.54) is 0 Å². The van der Waals surface area contributed by atoms with Gasteiger partial charge in [0.05, 0.1) is 0 Å². The zero-order valence-electron chi connectivity index (χ0n) is 10.2. The molecule has 18 heavy (non-hydrogen) atoms. The van der Waals surface area contributed by atoms with Crippen LogP contribution in [0.5, 0.6) is 0 Å². The van der Waals surface area contributed by atoms with Crippen LogP contribution in [0.1, 0.15) is 55.8 Å². The lowest BCUT2D eigenvalue weighted by Crippen LogP contribution is -2.22. The van der Waals surface area contributed by atoms with Crippen molar-refractivity contribution < 1.29 is 14.6 Å². The maximum absolute atomic E-state index is 11.2. The van der Waals surface area contributed by atoms with Crippen molar-refractivity contribution in [1.82, 2.24) is 14.8 Å². The van der Waals surface area contributed by atoms with Crippen LogP contribution in [0, 0.1) is 0 Å². The summed E-state index contributed by atoms with van der Waals surface area (Å²) in [4.78, 5) is 15.6. The summed E-state index contributed by atoms with van der Waals surface area (Å²) >= 11 is 0. The fourth-order valence-corrected chi connectivity index (χ4v) is 2.68. The molecule has 2 aliphatic heterocycles. The van der Waals surface area contributed by atoms with Crippen molar-refractivity contribution in [2.75, 3.05) is 6.61 Å². The van der Waals surface area contributed by atoms with Crippen molar-refractivity contribution >= 4 is 5.97 Å². The zero-order chi connectivity index (χ0) is 12.5. The number of fused-ring (bicyclic) bond motifs is 1. The quantitative estimate of drug-likeness (QED) is 0.861. The lowest BCUT2D eigenvalue weighted by Gasteiger charge is -2.19. The summed E-state index contributed by atoms with van der Waals surface area (Å²) in [6.07, 6.45) is 4.59. The lowest BCUT2D eigenvalue weighted by atomic mass is 10.00. The second-order valence-electron chi connectivity index (χ2n) is 4.94. The Morgan fingerprint density at radius 1 is 1.33 bits per heavy atom. The van der Waals surface area contributed by atoms with Gasteiger partial charge in [-0.2, -0.15) is 5.10 Å². The number of ether oxygens (including phenoxy) is 1. The zero-order valence-corrected chi connectivity index (χ0v) is 10.2. The molecule has 6 heteroatoms. The number of rotatable bonds is 2. The molecule has 1 saturated heterocycles. The second-order valence-corrected chi connectivity index (χ2v) is 4.94. The standard InChI is InChI=1S/C12H17N3O3/c16-12(17)8-4-3-6-15-11(8)13-10(14-15)9-5-1-2-7-18-9/h8-9H,1-7H2,(H,16,17). The molecule has 0 amide bonds. The minimum absolute atomic E-state index is 0.0497. The Hall–Kier alpha value is -1.43. The topological polar surface area (TPSA) is 77.2 Å². The van der Waals surface area contributed by atoms with E-state index < -0.39 is 11.9 Å². The van der Waals surface area contributed by atoms with Crippen molar-refractivity contribution in [2.45, 2.75) is 50.7 Å². The van der Waals surface area contributed by atoms with Crippen molar-refractivity contribution in [1.29, 1.82) is 0 Å². The molecular formula is C12H17N3O3. The van der Waals surface area contributed by atoms with E-state index in [4.69, 9.17) is 4.74 Å². The third kappa shape index (κ3) is 2.01. The first-order valence-corrected chi connectivity index (χ1v) is 6.55. The molecule has 6 nitrogen and oxygen atoms in total. The number of aromatic nitrogens is 3. The number of aliphatic carboxylic acids is 1. The van der Waals surface area contributed by atoms with Gasteiger partial charge in [-0.05, 0) is 32.1 Å². The van der Waals surface area contributed by atoms with Crippen LogP contribution < -0.4 is 0 Å². The van der Waals surface area contributed by atoms with Gasteiger partial charge in [-0.25, -0.2) is 9.67 Å². The summed E-state index contributed by atoms with van der Waals surface area (Å²) in [7, 11) is 0. The van der Waals surface area contributed by atoms with E-state index in [-0.39, 0.29) is 6.10 Å². The van der Waals surface area contributed by atoms with Gasteiger partial charge in [0.25, 0.3) is 0 Å². The monoisotopic (exact) mass is 251 g/mol. The molecule has 2 atom stereocenters. The number of hydrogen-bond acceptors (Lipinski definition) is 4. The molecule has 2 aliphatic rings. The van der Waals surface area contributed by atoms with E-state index in [2.05, 4.69) is 10.1 Å². The van der Waals surface area contributed by atoms with Gasteiger partial charge in [-0.3, -0.25) is 4.79 Å². The Kier molecular flexibility index (Phi) is 3.03. The molecule has 0 radical (unpaired) electrons. The van der Waals surface area contributed by atoms with Gasteiger partial charge in [-0.15, -0.1) is 0 Å². The van der Waals surface area contributed by atoms with Gasteiger partial charge in [0, 0.05) is 13.2 Å². The number of nitrogens with zero attached hydrogens (tertiary/aromatic N) is 3. The molecule has 1 aromatic rings. The SMILES string of the molecule is O=C(O)C1CCCn2nc(C3CCCCO3)nc21. The van der Waals surface area contributed by atoms with Crippen LogP contribution >= 0.6 is 0 Å². The second kappa shape index (κ2) is 4.68. The van der Waals surface area contributed by atoms with E-state index in [1.54, 1.807) is 4.68 Å². The van der Waals surface area contributed by atoms with E-state index in [0.717, 1.165) is 38.8 Å². The van der Waals surface area contributed by atoms with Crippen LogP contribution in [0.4, 0.5) is 0 Å². The van der Waals surface area contributed by atoms with Crippen LogP contribution in [0.3, 0.4) is 0 Å². The van der Waals surface area contributed by atoms with E-state index in [1.807, 2.05) is 0 Å². The fourth-order valence-electron chi connectivity index (χ4n) is 2.68. The van der Waals surface area contributed by atoms with Crippen LogP contribution in [-0.2, 0) is 16.1 Å². The van der Waals surface area contributed by atoms with Gasteiger partial charge in [0.1, 0.15) is 17.8 Å². The highest BCUT2D eigenvalue weighted by Crippen LogP contribution is 2.30. The van der Waals surface area contributed by atoms with Gasteiger partial charge >= 0.3 is 5.97 Å². The third-order valence-electron chi connectivity index (χ3n) is 3.66. The number of carboxylic acids is 1. The number of aryl methyl sites for hydroxylation is 1. The molecule has 0 bridgehead atoms. The Balaban J connectivity index is 1.88. The minimum Gasteiger partial charge on any atom is -0.481 e. The van der Waals surface area contributed by atoms with Gasteiger partial charge in [0.2, 0.25) is 0 Å². The average Bonchev–Trinajstić information content (AvgIpc) is 2.83. The van der Waals surface area contributed by atoms with Gasteiger partial charge in [-0.1, -0.05) is 0 Å². The Morgan fingerprint density at radius 2 is 2.22 bits per heavy atom. The molecule has 98 valence electrons. The molecule has 2 unspecified atom stereocenters. The fraction of sp³-hybridized carbons (Fsp3) is 0.750. The predicted molar refractivity (Wildman–Crippen MR) is 62.2 cm³/mol. The minimum atomic E-state index is -0.806. The summed E-state index contributed by atoms with van der Waals surface area (Å²) in [5.74, 6) is -0.0566. The molecule has 1 fully saturated rings. The van der Waals surface area contributed by atoms with Crippen LogP contribution in [0.15, 0.2) is 0 Å². The molecule has 0 spiro atoms. The average molecular weight is 251 g/mol. The highest BCUT2D eigenvalue weighted by Gasteiger charge is 2.31. The van der Waals surface area contributed by atoms with E-state index in [9.17, 15) is 9.90 Å². The molecule has 0 aromatic carbocycles. The maximum Gasteiger partial charge on any atom is 0.314 e. The van der Waals surface area contributed by atoms with Gasteiger partial charge in [0.15, 0.2) is 5.82 Å². The third-order valence-corrected chi connectivity index (χ3v) is 3.66. The summed E-state index contributed by atoms with van der Waals surface area (Å²) < 4.78 is 7.40. The first kappa shape index (κ1) is 11.6. The van der Waals surface area contributed by atoms with Crippen LogP contribution in [0.2, 0.25) is 0 Å². The molecule has 0 saturated carbocycles. The summed E-state index contributed by atoms with van der Waals surface area (Å²) in [5, 5.41) is 13.6. The number of carbonyl (C=O) groups is 1. The normalized spacial score (nSPS) is 27.8. The molecule has 1 aromatic heterocycles. The number of hydrogen-bond donors (Lipinski definition) is 1. The molecule has 3 heterocycles. The maximum atomic E-state index is 11.2. The highest BCUT2D eigenvalue weighted by atomic mass is 16.5. The van der Waals surface area contributed by atoms with Crippen molar-refractivity contribution in [3.63, 3.8) is 0 Å². The predicted octanol–water partition coefficient (Wildman–Crippen LogP) is 1.48. The Morgan fingerprint density at radius 3 is 2.94 bits per heavy atom. The highest BCUT2D eigenvalue weighted by molar-refractivity contribution is 5.75. The largest absolute Gasteiger partial charge is 0.481 e. The summed E-state index contributed by atoms with van der Waals surface area (Å²) in [6.45, 7) is 1.51. The summed E-state index contributed by atoms with van der Waals surface area (Å²) in [5.41, 5.74) is 0. The first-order chi connectivity index (χ1) is 8.75. The number of carboxylic acid groups (broad SMARTS) is 1. The lowest BCUT2D eigenvalue weighted by molar-refractivity contribution is -0.139. The smallest absolute Gasteiger partial charge is 0.314 e. The molecule has 0 aliphatic carbocycles. The summed E-state index contributed by atoms with van der Waals surface area (Å²) in [6, 6.07) is 0.